The van der Waals surface area contributed by atoms with Crippen LogP contribution in [0.4, 0.5) is 0 Å². The van der Waals surface area contributed by atoms with Crippen molar-refractivity contribution in [1.29, 1.82) is 0 Å². The molecule has 0 amide bonds. The molecular weight excluding hydrogens is 256 g/mol. The lowest BCUT2D eigenvalue weighted by molar-refractivity contribution is 0.112. The van der Waals surface area contributed by atoms with E-state index < -0.39 is 0 Å². The molecule has 0 aliphatic rings. The summed E-state index contributed by atoms with van der Waals surface area (Å²) in [6, 6.07) is 19.4. The standard InChI is InChI=1S/C17H11ClO/c18-14-8-5-13(6-9-14)16-10-7-12-3-1-2-4-15(12)17(16)11-19/h1-11H. The van der Waals surface area contributed by atoms with Crippen LogP contribution >= 0.6 is 11.6 Å². The largest absolute Gasteiger partial charge is 0.298 e. The van der Waals surface area contributed by atoms with Crippen molar-refractivity contribution in [2.45, 2.75) is 0 Å². The average molecular weight is 267 g/mol. The van der Waals surface area contributed by atoms with E-state index >= 15 is 0 Å². The first-order valence-corrected chi connectivity index (χ1v) is 6.40. The second-order valence-corrected chi connectivity index (χ2v) is 4.81. The van der Waals surface area contributed by atoms with Crippen LogP contribution in [0.3, 0.4) is 0 Å². The monoisotopic (exact) mass is 266 g/mol. The molecule has 2 heteroatoms. The van der Waals surface area contributed by atoms with Crippen molar-refractivity contribution in [1.82, 2.24) is 0 Å². The molecule has 0 aliphatic heterocycles. The quantitative estimate of drug-likeness (QED) is 0.598. The maximum atomic E-state index is 11.5. The van der Waals surface area contributed by atoms with Crippen molar-refractivity contribution >= 4 is 28.7 Å². The molecule has 0 bridgehead atoms. The summed E-state index contributed by atoms with van der Waals surface area (Å²) in [5.41, 5.74) is 2.66. The first-order chi connectivity index (χ1) is 9.29. The molecule has 0 aliphatic carbocycles. The number of aldehydes is 1. The van der Waals surface area contributed by atoms with Gasteiger partial charge in [-0.25, -0.2) is 0 Å². The fraction of sp³-hybridized carbons (Fsp3) is 0. The second-order valence-electron chi connectivity index (χ2n) is 4.37. The summed E-state index contributed by atoms with van der Waals surface area (Å²) in [5, 5.41) is 2.74. The summed E-state index contributed by atoms with van der Waals surface area (Å²) < 4.78 is 0. The van der Waals surface area contributed by atoms with E-state index in [1.807, 2.05) is 60.7 Å². The smallest absolute Gasteiger partial charge is 0.151 e. The predicted octanol–water partition coefficient (Wildman–Crippen LogP) is 4.97. The normalized spacial score (nSPS) is 10.6. The topological polar surface area (TPSA) is 17.1 Å². The van der Waals surface area contributed by atoms with Gasteiger partial charge in [0.1, 0.15) is 0 Å². The third kappa shape index (κ3) is 2.13. The molecule has 0 aromatic heterocycles. The molecular formula is C17H11ClO. The molecule has 3 aromatic carbocycles. The summed E-state index contributed by atoms with van der Waals surface area (Å²) in [6.45, 7) is 0. The van der Waals surface area contributed by atoms with E-state index in [9.17, 15) is 4.79 Å². The number of carbonyl (C=O) groups excluding carboxylic acids is 1. The zero-order valence-corrected chi connectivity index (χ0v) is 10.9. The zero-order chi connectivity index (χ0) is 13.2. The molecule has 0 heterocycles. The molecule has 0 saturated carbocycles. The highest BCUT2D eigenvalue weighted by atomic mass is 35.5. The van der Waals surface area contributed by atoms with Gasteiger partial charge in [0.05, 0.1) is 0 Å². The fourth-order valence-electron chi connectivity index (χ4n) is 2.30. The Hall–Kier alpha value is -2.12. The van der Waals surface area contributed by atoms with Gasteiger partial charge in [-0.3, -0.25) is 4.79 Å². The van der Waals surface area contributed by atoms with Gasteiger partial charge in [-0.1, -0.05) is 60.1 Å². The number of carbonyl (C=O) groups is 1. The summed E-state index contributed by atoms with van der Waals surface area (Å²) in [6.07, 6.45) is 0.923. The Bertz CT molecular complexity index is 745. The molecule has 0 radical (unpaired) electrons. The number of rotatable bonds is 2. The predicted molar refractivity (Wildman–Crippen MR) is 79.8 cm³/mol. The van der Waals surface area contributed by atoms with E-state index in [1.165, 1.54) is 0 Å². The zero-order valence-electron chi connectivity index (χ0n) is 10.1. The van der Waals surface area contributed by atoms with Crippen molar-refractivity contribution in [2.24, 2.45) is 0 Å². The third-order valence-electron chi connectivity index (χ3n) is 3.24. The summed E-state index contributed by atoms with van der Waals surface area (Å²) >= 11 is 5.90. The van der Waals surface area contributed by atoms with Crippen LogP contribution in [-0.2, 0) is 0 Å². The number of hydrogen-bond donors (Lipinski definition) is 0. The van der Waals surface area contributed by atoms with Crippen LogP contribution in [0.15, 0.2) is 60.7 Å². The lowest BCUT2D eigenvalue weighted by atomic mass is 9.95. The highest BCUT2D eigenvalue weighted by molar-refractivity contribution is 6.30. The molecule has 3 rings (SSSR count). The number of halogens is 1. The first-order valence-electron chi connectivity index (χ1n) is 6.02. The van der Waals surface area contributed by atoms with Crippen LogP contribution in [0.25, 0.3) is 21.9 Å². The Kier molecular flexibility index (Phi) is 3.06. The van der Waals surface area contributed by atoms with E-state index in [1.54, 1.807) is 0 Å². The van der Waals surface area contributed by atoms with Crippen LogP contribution in [0.1, 0.15) is 10.4 Å². The average Bonchev–Trinajstić information content (AvgIpc) is 2.47. The van der Waals surface area contributed by atoms with Crippen LogP contribution in [-0.4, -0.2) is 6.29 Å². The molecule has 0 spiro atoms. The molecule has 3 aromatic rings. The molecule has 0 N–H and O–H groups in total. The highest BCUT2D eigenvalue weighted by Gasteiger charge is 2.08. The van der Waals surface area contributed by atoms with Gasteiger partial charge in [0.2, 0.25) is 0 Å². The van der Waals surface area contributed by atoms with Crippen LogP contribution in [0.5, 0.6) is 0 Å². The summed E-state index contributed by atoms with van der Waals surface area (Å²) in [7, 11) is 0. The molecule has 0 saturated heterocycles. The van der Waals surface area contributed by atoms with E-state index in [4.69, 9.17) is 11.6 Å². The Morgan fingerprint density at radius 2 is 1.58 bits per heavy atom. The molecule has 0 unspecified atom stereocenters. The van der Waals surface area contributed by atoms with Crippen molar-refractivity contribution in [3.05, 3.63) is 71.2 Å². The maximum absolute atomic E-state index is 11.5. The van der Waals surface area contributed by atoms with Gasteiger partial charge in [0.25, 0.3) is 0 Å². The molecule has 1 nitrogen and oxygen atoms in total. The van der Waals surface area contributed by atoms with Crippen molar-refractivity contribution < 1.29 is 4.79 Å². The molecule has 92 valence electrons. The third-order valence-corrected chi connectivity index (χ3v) is 3.50. The number of hydrogen-bond acceptors (Lipinski definition) is 1. The van der Waals surface area contributed by atoms with Gasteiger partial charge >= 0.3 is 0 Å². The van der Waals surface area contributed by atoms with Gasteiger partial charge in [0, 0.05) is 10.6 Å². The van der Waals surface area contributed by atoms with Crippen LogP contribution in [0.2, 0.25) is 5.02 Å². The van der Waals surface area contributed by atoms with Crippen LogP contribution in [0, 0.1) is 0 Å². The van der Waals surface area contributed by atoms with E-state index in [0.29, 0.717) is 5.02 Å². The van der Waals surface area contributed by atoms with Gasteiger partial charge in [-0.05, 0) is 34.0 Å². The number of fused-ring (bicyclic) bond motifs is 1. The van der Waals surface area contributed by atoms with Crippen LogP contribution < -0.4 is 0 Å². The lowest BCUT2D eigenvalue weighted by Gasteiger charge is -2.09. The summed E-state index contributed by atoms with van der Waals surface area (Å²) in [5.74, 6) is 0. The van der Waals surface area contributed by atoms with Crippen molar-refractivity contribution in [2.75, 3.05) is 0 Å². The van der Waals surface area contributed by atoms with E-state index in [-0.39, 0.29) is 0 Å². The highest BCUT2D eigenvalue weighted by Crippen LogP contribution is 2.29. The fourth-order valence-corrected chi connectivity index (χ4v) is 2.43. The Morgan fingerprint density at radius 1 is 0.842 bits per heavy atom. The van der Waals surface area contributed by atoms with Crippen molar-refractivity contribution in [3.63, 3.8) is 0 Å². The van der Waals surface area contributed by atoms with Gasteiger partial charge < -0.3 is 0 Å². The Labute approximate surface area is 116 Å². The second kappa shape index (κ2) is 4.87. The molecule has 0 atom stereocenters. The Balaban J connectivity index is 2.29. The Morgan fingerprint density at radius 3 is 2.32 bits per heavy atom. The van der Waals surface area contributed by atoms with Gasteiger partial charge in [-0.15, -0.1) is 0 Å². The minimum Gasteiger partial charge on any atom is -0.298 e. The molecule has 19 heavy (non-hydrogen) atoms. The SMILES string of the molecule is O=Cc1c(-c2ccc(Cl)cc2)ccc2ccccc12. The van der Waals surface area contributed by atoms with E-state index in [2.05, 4.69) is 0 Å². The maximum Gasteiger partial charge on any atom is 0.151 e. The first kappa shape index (κ1) is 11.9. The number of benzene rings is 3. The summed E-state index contributed by atoms with van der Waals surface area (Å²) in [4.78, 5) is 11.5. The van der Waals surface area contributed by atoms with E-state index in [0.717, 1.165) is 33.7 Å². The van der Waals surface area contributed by atoms with Gasteiger partial charge in [0.15, 0.2) is 6.29 Å². The lowest BCUT2D eigenvalue weighted by Crippen LogP contribution is -1.89. The minimum absolute atomic E-state index is 0.692. The minimum atomic E-state index is 0.692. The van der Waals surface area contributed by atoms with Gasteiger partial charge in [-0.2, -0.15) is 0 Å². The molecule has 0 fully saturated rings. The van der Waals surface area contributed by atoms with Crippen molar-refractivity contribution in [3.8, 4) is 11.1 Å².